The van der Waals surface area contributed by atoms with Gasteiger partial charge >= 0.3 is 12.5 Å². The highest BCUT2D eigenvalue weighted by atomic mass is 19.4. The maximum atomic E-state index is 12.5. The number of rotatable bonds is 2. The molecule has 0 fully saturated rings. The van der Waals surface area contributed by atoms with E-state index in [4.69, 9.17) is 11.5 Å². The topological polar surface area (TPSA) is 74.2 Å². The number of nitrogens with zero attached hydrogens (tertiary/aromatic N) is 1. The fourth-order valence-corrected chi connectivity index (χ4v) is 1.19. The monoisotopic (exact) mass is 275 g/mol. The van der Waals surface area contributed by atoms with Gasteiger partial charge in [-0.05, 0) is 0 Å². The molecule has 0 aliphatic heterocycles. The number of hydrogen-bond donors (Lipinski definition) is 2. The van der Waals surface area contributed by atoms with Crippen LogP contribution in [-0.4, -0.2) is 11.3 Å². The third-order valence-corrected chi connectivity index (χ3v) is 1.83. The van der Waals surface area contributed by atoms with Crippen molar-refractivity contribution in [1.82, 2.24) is 4.98 Å². The van der Waals surface area contributed by atoms with Crippen LogP contribution in [0.5, 0.6) is 5.88 Å². The first kappa shape index (κ1) is 14.4. The number of hydrogen-bond acceptors (Lipinski definition) is 4. The zero-order valence-electron chi connectivity index (χ0n) is 8.56. The van der Waals surface area contributed by atoms with Gasteiger partial charge in [0, 0.05) is 23.9 Å². The van der Waals surface area contributed by atoms with E-state index < -0.39 is 41.9 Å². The molecule has 10 heteroatoms. The van der Waals surface area contributed by atoms with E-state index in [2.05, 4.69) is 9.72 Å². The lowest BCUT2D eigenvalue weighted by atomic mass is 10.1. The van der Waals surface area contributed by atoms with E-state index in [-0.39, 0.29) is 0 Å². The van der Waals surface area contributed by atoms with Crippen LogP contribution in [0.15, 0.2) is 6.07 Å². The van der Waals surface area contributed by atoms with Crippen molar-refractivity contribution in [2.24, 2.45) is 5.73 Å². The van der Waals surface area contributed by atoms with Crippen LogP contribution in [0, 0.1) is 0 Å². The molecule has 4 nitrogen and oxygen atoms in total. The molecule has 0 aliphatic rings. The van der Waals surface area contributed by atoms with Gasteiger partial charge in [-0.15, -0.1) is 13.2 Å². The molecule has 0 saturated heterocycles. The Morgan fingerprint density at radius 2 is 1.72 bits per heavy atom. The van der Waals surface area contributed by atoms with Gasteiger partial charge in [-0.3, -0.25) is 0 Å². The molecule has 1 heterocycles. The number of anilines is 1. The number of nitrogen functional groups attached to an aromatic ring is 1. The molecule has 0 aromatic carbocycles. The molecule has 0 saturated carbocycles. The minimum Gasteiger partial charge on any atom is -0.398 e. The summed E-state index contributed by atoms with van der Waals surface area (Å²) in [6.07, 6.45) is -10.1. The lowest BCUT2D eigenvalue weighted by Crippen LogP contribution is -2.21. The molecule has 1 aromatic heterocycles. The minimum atomic E-state index is -5.16. The predicted octanol–water partition coefficient (Wildman–Crippen LogP) is 2.04. The van der Waals surface area contributed by atoms with E-state index in [1.165, 1.54) is 0 Å². The van der Waals surface area contributed by atoms with Gasteiger partial charge in [0.1, 0.15) is 0 Å². The molecule has 0 bridgehead atoms. The molecule has 0 amide bonds. The Bertz CT molecular complexity index is 442. The molecule has 1 rings (SSSR count). The Hall–Kier alpha value is -1.71. The molecule has 4 N–H and O–H groups in total. The van der Waals surface area contributed by atoms with Crippen LogP contribution in [0.25, 0.3) is 0 Å². The van der Waals surface area contributed by atoms with Gasteiger partial charge in [0.05, 0.1) is 0 Å². The number of ether oxygens (including phenoxy) is 1. The summed E-state index contributed by atoms with van der Waals surface area (Å²) in [7, 11) is 0. The second-order valence-corrected chi connectivity index (χ2v) is 3.13. The zero-order chi connectivity index (χ0) is 14.1. The maximum absolute atomic E-state index is 12.5. The Labute approximate surface area is 96.5 Å². The van der Waals surface area contributed by atoms with Crippen LogP contribution in [0.4, 0.5) is 32.0 Å². The average molecular weight is 275 g/mol. The normalized spacial score (nSPS) is 12.6. The lowest BCUT2D eigenvalue weighted by molar-refractivity contribution is -0.276. The van der Waals surface area contributed by atoms with Crippen LogP contribution in [0.3, 0.4) is 0 Å². The Balaban J connectivity index is 3.31. The molecule has 102 valence electrons. The van der Waals surface area contributed by atoms with Gasteiger partial charge in [-0.2, -0.15) is 13.2 Å². The number of halogens is 6. The fourth-order valence-electron chi connectivity index (χ4n) is 1.19. The third kappa shape index (κ3) is 3.39. The van der Waals surface area contributed by atoms with E-state index in [1.54, 1.807) is 0 Å². The Morgan fingerprint density at radius 3 is 2.11 bits per heavy atom. The van der Waals surface area contributed by atoms with Crippen molar-refractivity contribution in [2.45, 2.75) is 19.1 Å². The largest absolute Gasteiger partial charge is 0.574 e. The summed E-state index contributed by atoms with van der Waals surface area (Å²) in [5.74, 6) is -1.29. The second-order valence-electron chi connectivity index (χ2n) is 3.13. The highest BCUT2D eigenvalue weighted by molar-refractivity contribution is 5.52. The first-order valence-corrected chi connectivity index (χ1v) is 4.37. The quantitative estimate of drug-likeness (QED) is 0.810. The van der Waals surface area contributed by atoms with E-state index in [1.807, 2.05) is 0 Å². The number of alkyl halides is 6. The SMILES string of the molecule is NCc1c(N)cc(OC(F)(F)F)nc1C(F)(F)F. The summed E-state index contributed by atoms with van der Waals surface area (Å²) < 4.78 is 76.5. The highest BCUT2D eigenvalue weighted by Crippen LogP contribution is 2.35. The van der Waals surface area contributed by atoms with Crippen LogP contribution < -0.4 is 16.2 Å². The lowest BCUT2D eigenvalue weighted by Gasteiger charge is -2.15. The number of aromatic nitrogens is 1. The van der Waals surface area contributed by atoms with Crippen LogP contribution in [-0.2, 0) is 12.7 Å². The summed E-state index contributed by atoms with van der Waals surface area (Å²) in [6, 6.07) is 0.533. The molecule has 1 aromatic rings. The molecule has 0 aliphatic carbocycles. The first-order valence-electron chi connectivity index (χ1n) is 4.37. The Kier molecular flexibility index (Phi) is 3.60. The smallest absolute Gasteiger partial charge is 0.398 e. The van der Waals surface area contributed by atoms with Crippen molar-refractivity contribution in [3.63, 3.8) is 0 Å². The summed E-state index contributed by atoms with van der Waals surface area (Å²) in [5, 5.41) is 0. The van der Waals surface area contributed by atoms with Crippen LogP contribution in [0.2, 0.25) is 0 Å². The maximum Gasteiger partial charge on any atom is 0.574 e. The van der Waals surface area contributed by atoms with Crippen molar-refractivity contribution in [3.05, 3.63) is 17.3 Å². The number of nitrogens with two attached hydrogens (primary N) is 2. The zero-order valence-corrected chi connectivity index (χ0v) is 8.56. The third-order valence-electron chi connectivity index (χ3n) is 1.83. The first-order chi connectivity index (χ1) is 8.04. The van der Waals surface area contributed by atoms with E-state index in [0.717, 1.165) is 0 Å². The van der Waals surface area contributed by atoms with Crippen molar-refractivity contribution in [1.29, 1.82) is 0 Å². The summed E-state index contributed by atoms with van der Waals surface area (Å²) in [6.45, 7) is -0.611. The molecule has 0 atom stereocenters. The summed E-state index contributed by atoms with van der Waals surface area (Å²) >= 11 is 0. The van der Waals surface area contributed by atoms with E-state index in [9.17, 15) is 26.3 Å². The molecular formula is C8H7F6N3O. The van der Waals surface area contributed by atoms with Gasteiger partial charge in [0.15, 0.2) is 5.69 Å². The van der Waals surface area contributed by atoms with E-state index in [0.29, 0.717) is 6.07 Å². The predicted molar refractivity (Wildman–Crippen MR) is 48.2 cm³/mol. The molecule has 18 heavy (non-hydrogen) atoms. The highest BCUT2D eigenvalue weighted by Gasteiger charge is 2.38. The van der Waals surface area contributed by atoms with Crippen LogP contribution in [0.1, 0.15) is 11.3 Å². The van der Waals surface area contributed by atoms with Gasteiger partial charge in [-0.1, -0.05) is 0 Å². The molecule has 0 unspecified atom stereocenters. The minimum absolute atomic E-state index is 0.533. The number of pyridine rings is 1. The van der Waals surface area contributed by atoms with Crippen molar-refractivity contribution < 1.29 is 31.1 Å². The van der Waals surface area contributed by atoms with Crippen molar-refractivity contribution in [2.75, 3.05) is 5.73 Å². The summed E-state index contributed by atoms with van der Waals surface area (Å²) in [4.78, 5) is 2.73. The van der Waals surface area contributed by atoms with Crippen molar-refractivity contribution >= 4 is 5.69 Å². The van der Waals surface area contributed by atoms with Gasteiger partial charge in [-0.25, -0.2) is 4.98 Å². The standard InChI is InChI=1S/C8H7F6N3O/c9-7(10,11)6-3(2-15)4(16)1-5(17-6)18-8(12,13)14/h1H,2,15H2,(H2,16,17). The molecule has 0 spiro atoms. The summed E-state index contributed by atoms with van der Waals surface area (Å²) in [5.41, 5.74) is 7.47. The van der Waals surface area contributed by atoms with Gasteiger partial charge < -0.3 is 16.2 Å². The molecule has 0 radical (unpaired) electrons. The van der Waals surface area contributed by atoms with Crippen molar-refractivity contribution in [3.8, 4) is 5.88 Å². The Morgan fingerprint density at radius 1 is 1.17 bits per heavy atom. The van der Waals surface area contributed by atoms with Crippen LogP contribution >= 0.6 is 0 Å². The van der Waals surface area contributed by atoms with Gasteiger partial charge in [0.2, 0.25) is 5.88 Å². The van der Waals surface area contributed by atoms with E-state index >= 15 is 0 Å². The second kappa shape index (κ2) is 4.52. The fraction of sp³-hybridized carbons (Fsp3) is 0.375. The van der Waals surface area contributed by atoms with Gasteiger partial charge in [0.25, 0.3) is 0 Å². The molecular weight excluding hydrogens is 268 g/mol. The average Bonchev–Trinajstić information content (AvgIpc) is 2.12.